The van der Waals surface area contributed by atoms with Crippen LogP contribution in [-0.2, 0) is 4.74 Å². The quantitative estimate of drug-likeness (QED) is 0.867. The molecule has 5 atom stereocenters. The molecule has 1 heterocycles. The molecule has 3 nitrogen and oxygen atoms in total. The Morgan fingerprint density at radius 2 is 1.95 bits per heavy atom. The summed E-state index contributed by atoms with van der Waals surface area (Å²) in [6.07, 6.45) is 2.39. The summed E-state index contributed by atoms with van der Waals surface area (Å²) in [5.41, 5.74) is 2.42. The molecule has 0 aromatic heterocycles. The number of hydrogen-bond donors (Lipinski definition) is 1. The van der Waals surface area contributed by atoms with Crippen LogP contribution >= 0.6 is 0 Å². The number of aliphatic hydroxyl groups excluding tert-OH is 1. The summed E-state index contributed by atoms with van der Waals surface area (Å²) in [6.45, 7) is 7.47. The Balaban J connectivity index is 1.97. The largest absolute Gasteiger partial charge is 0.497 e. The number of ether oxygens (including phenoxy) is 2. The van der Waals surface area contributed by atoms with Gasteiger partial charge in [0.1, 0.15) is 5.75 Å². The van der Waals surface area contributed by atoms with Gasteiger partial charge in [-0.1, -0.05) is 37.6 Å². The summed E-state index contributed by atoms with van der Waals surface area (Å²) in [5.74, 6) is 1.94. The van der Waals surface area contributed by atoms with Gasteiger partial charge in [0, 0.05) is 11.3 Å². The van der Waals surface area contributed by atoms with Gasteiger partial charge in [0.2, 0.25) is 0 Å². The van der Waals surface area contributed by atoms with Crippen LogP contribution in [0.1, 0.15) is 32.4 Å². The lowest BCUT2D eigenvalue weighted by atomic mass is 9.56. The number of allylic oxidation sites excluding steroid dienone is 1. The van der Waals surface area contributed by atoms with E-state index in [4.69, 9.17) is 9.47 Å². The van der Waals surface area contributed by atoms with E-state index in [1.165, 1.54) is 11.1 Å². The van der Waals surface area contributed by atoms with Crippen LogP contribution in [0.5, 0.6) is 5.75 Å². The topological polar surface area (TPSA) is 38.7 Å². The van der Waals surface area contributed by atoms with Crippen molar-refractivity contribution in [2.45, 2.75) is 26.9 Å². The third kappa shape index (κ3) is 2.19. The highest BCUT2D eigenvalue weighted by atomic mass is 16.5. The van der Waals surface area contributed by atoms with Crippen LogP contribution in [0.25, 0.3) is 0 Å². The molecular weight excluding hydrogens is 276 g/mol. The highest BCUT2D eigenvalue weighted by Gasteiger charge is 2.53. The van der Waals surface area contributed by atoms with Gasteiger partial charge in [-0.25, -0.2) is 0 Å². The maximum absolute atomic E-state index is 10.0. The zero-order valence-corrected chi connectivity index (χ0v) is 13.9. The van der Waals surface area contributed by atoms with Gasteiger partial charge in [0.25, 0.3) is 0 Å². The smallest absolute Gasteiger partial charge is 0.118 e. The predicted octanol–water partition coefficient (Wildman–Crippen LogP) is 3.59. The van der Waals surface area contributed by atoms with Crippen molar-refractivity contribution in [3.05, 3.63) is 41.5 Å². The Hall–Kier alpha value is -1.32. The first-order valence-electron chi connectivity index (χ1n) is 8.08. The second kappa shape index (κ2) is 5.71. The highest BCUT2D eigenvalue weighted by molar-refractivity contribution is 5.32. The minimum atomic E-state index is -0.146. The van der Waals surface area contributed by atoms with E-state index in [1.807, 2.05) is 12.1 Å². The first-order chi connectivity index (χ1) is 10.5. The SMILES string of the molecule is COc1ccc([C@H]2OC[C@]3(CO)[C@@H](C)C=C(C)[C@@H]2[C@@H]3C)cc1. The molecule has 0 amide bonds. The lowest BCUT2D eigenvalue weighted by Crippen LogP contribution is -2.53. The normalized spacial score (nSPS) is 37.6. The van der Waals surface area contributed by atoms with Crippen molar-refractivity contribution < 1.29 is 14.6 Å². The van der Waals surface area contributed by atoms with Gasteiger partial charge in [-0.3, -0.25) is 0 Å². The Kier molecular flexibility index (Phi) is 4.04. The van der Waals surface area contributed by atoms with Crippen LogP contribution < -0.4 is 4.74 Å². The monoisotopic (exact) mass is 302 g/mol. The van der Waals surface area contributed by atoms with Crippen molar-refractivity contribution in [3.8, 4) is 5.75 Å². The van der Waals surface area contributed by atoms with Crippen molar-refractivity contribution in [3.63, 3.8) is 0 Å². The third-order valence-corrected chi connectivity index (χ3v) is 5.99. The molecule has 0 spiro atoms. The molecule has 0 unspecified atom stereocenters. The third-order valence-electron chi connectivity index (χ3n) is 5.99. The number of aliphatic hydroxyl groups is 1. The number of rotatable bonds is 3. The first-order valence-corrected chi connectivity index (χ1v) is 8.08. The van der Waals surface area contributed by atoms with Crippen molar-refractivity contribution in [2.75, 3.05) is 20.3 Å². The van der Waals surface area contributed by atoms with Crippen LogP contribution in [0.2, 0.25) is 0 Å². The summed E-state index contributed by atoms with van der Waals surface area (Å²) in [6, 6.07) is 8.16. The Morgan fingerprint density at radius 1 is 1.27 bits per heavy atom. The fourth-order valence-electron chi connectivity index (χ4n) is 4.38. The van der Waals surface area contributed by atoms with Crippen LogP contribution in [0.3, 0.4) is 0 Å². The molecule has 1 aliphatic carbocycles. The van der Waals surface area contributed by atoms with E-state index in [1.54, 1.807) is 7.11 Å². The fourth-order valence-corrected chi connectivity index (χ4v) is 4.38. The van der Waals surface area contributed by atoms with E-state index in [2.05, 4.69) is 39.0 Å². The molecule has 22 heavy (non-hydrogen) atoms. The first kappa shape index (κ1) is 15.6. The molecule has 0 radical (unpaired) electrons. The molecule has 0 saturated carbocycles. The maximum Gasteiger partial charge on any atom is 0.118 e. The highest BCUT2D eigenvalue weighted by Crippen LogP contribution is 2.55. The van der Waals surface area contributed by atoms with Gasteiger partial charge in [-0.05, 0) is 36.5 Å². The number of benzene rings is 1. The molecule has 1 N–H and O–H groups in total. The van der Waals surface area contributed by atoms with Crippen LogP contribution in [-0.4, -0.2) is 25.4 Å². The van der Waals surface area contributed by atoms with Gasteiger partial charge in [0.05, 0.1) is 26.4 Å². The minimum Gasteiger partial charge on any atom is -0.497 e. The zero-order valence-electron chi connectivity index (χ0n) is 13.9. The fraction of sp³-hybridized carbons (Fsp3) is 0.579. The molecule has 1 aromatic rings. The number of methoxy groups -OCH3 is 1. The van der Waals surface area contributed by atoms with Gasteiger partial charge in [-0.2, -0.15) is 0 Å². The molecule has 3 heteroatoms. The average molecular weight is 302 g/mol. The van der Waals surface area contributed by atoms with E-state index in [9.17, 15) is 5.11 Å². The van der Waals surface area contributed by atoms with Crippen LogP contribution in [0, 0.1) is 23.2 Å². The lowest BCUT2D eigenvalue weighted by Gasteiger charge is -2.55. The van der Waals surface area contributed by atoms with Crippen LogP contribution in [0.15, 0.2) is 35.9 Å². The Labute approximate surface area is 132 Å². The molecule has 120 valence electrons. The van der Waals surface area contributed by atoms with Crippen molar-refractivity contribution >= 4 is 0 Å². The van der Waals surface area contributed by atoms with E-state index < -0.39 is 0 Å². The molecule has 3 rings (SSSR count). The minimum absolute atomic E-state index is 0.0596. The summed E-state index contributed by atoms with van der Waals surface area (Å²) in [7, 11) is 1.68. The molecule has 1 aliphatic heterocycles. The molecular formula is C19H26O3. The lowest BCUT2D eigenvalue weighted by molar-refractivity contribution is -0.165. The van der Waals surface area contributed by atoms with E-state index in [0.717, 1.165) is 5.75 Å². The van der Waals surface area contributed by atoms with Gasteiger partial charge in [0.15, 0.2) is 0 Å². The van der Waals surface area contributed by atoms with Crippen molar-refractivity contribution in [2.24, 2.45) is 23.2 Å². The summed E-state index contributed by atoms with van der Waals surface area (Å²) < 4.78 is 11.5. The standard InChI is InChI=1S/C19H26O3/c1-12-9-13(2)19(10-20)11-22-18(17(12)14(19)3)15-5-7-16(21-4)8-6-15/h5-9,13-14,17-18,20H,10-11H2,1-4H3/t13-,14-,17+,18+,19+/m0/s1. The number of fused-ring (bicyclic) bond motifs is 2. The van der Waals surface area contributed by atoms with Gasteiger partial charge < -0.3 is 14.6 Å². The van der Waals surface area contributed by atoms with Crippen molar-refractivity contribution in [1.29, 1.82) is 0 Å². The zero-order chi connectivity index (χ0) is 15.9. The summed E-state index contributed by atoms with van der Waals surface area (Å²) in [5, 5.41) is 10.0. The summed E-state index contributed by atoms with van der Waals surface area (Å²) >= 11 is 0. The molecule has 2 aliphatic rings. The van der Waals surface area contributed by atoms with Crippen LogP contribution in [0.4, 0.5) is 0 Å². The summed E-state index contributed by atoms with van der Waals surface area (Å²) in [4.78, 5) is 0. The van der Waals surface area contributed by atoms with E-state index in [0.29, 0.717) is 24.4 Å². The molecule has 2 bridgehead atoms. The second-order valence-electron chi connectivity index (χ2n) is 6.91. The Morgan fingerprint density at radius 3 is 2.55 bits per heavy atom. The van der Waals surface area contributed by atoms with E-state index >= 15 is 0 Å². The average Bonchev–Trinajstić information content (AvgIpc) is 2.53. The van der Waals surface area contributed by atoms with Gasteiger partial charge >= 0.3 is 0 Å². The van der Waals surface area contributed by atoms with E-state index in [-0.39, 0.29) is 18.1 Å². The Bertz CT molecular complexity index is 563. The van der Waals surface area contributed by atoms with Crippen molar-refractivity contribution in [1.82, 2.24) is 0 Å². The second-order valence-corrected chi connectivity index (χ2v) is 6.91. The maximum atomic E-state index is 10.0. The molecule has 1 fully saturated rings. The molecule has 1 saturated heterocycles. The number of hydrogen-bond acceptors (Lipinski definition) is 3. The molecule has 1 aromatic carbocycles. The predicted molar refractivity (Wildman–Crippen MR) is 86.8 cm³/mol. The van der Waals surface area contributed by atoms with Gasteiger partial charge in [-0.15, -0.1) is 0 Å².